The molecule has 0 unspecified atom stereocenters. The molecule has 11 nitrogen and oxygen atoms in total. The Kier molecular flexibility index (Phi) is 7.89. The van der Waals surface area contributed by atoms with Gasteiger partial charge in [0.1, 0.15) is 17.3 Å². The normalized spacial score (nSPS) is 18.3. The van der Waals surface area contributed by atoms with Gasteiger partial charge in [-0.25, -0.2) is 9.37 Å². The minimum atomic E-state index is -0.520. The number of aromatic nitrogens is 2. The lowest BCUT2D eigenvalue weighted by Gasteiger charge is -2.42. The number of piperidine rings is 1. The van der Waals surface area contributed by atoms with E-state index in [1.165, 1.54) is 23.2 Å². The van der Waals surface area contributed by atoms with Gasteiger partial charge in [-0.3, -0.25) is 14.5 Å². The molecule has 3 aliphatic rings. The van der Waals surface area contributed by atoms with Crippen LogP contribution in [0, 0.1) is 5.82 Å². The predicted molar refractivity (Wildman–Crippen MR) is 164 cm³/mol. The van der Waals surface area contributed by atoms with Crippen LogP contribution in [0.2, 0.25) is 0 Å². The summed E-state index contributed by atoms with van der Waals surface area (Å²) < 4.78 is 20.5. The highest BCUT2D eigenvalue weighted by molar-refractivity contribution is 6.13. The molecule has 1 aromatic heterocycles. The fourth-order valence-electron chi connectivity index (χ4n) is 6.19. The lowest BCUT2D eigenvalue weighted by Crippen LogP contribution is -2.52. The molecular weight excluding hydrogens is 551 g/mol. The van der Waals surface area contributed by atoms with Gasteiger partial charge in [-0.15, -0.1) is 0 Å². The monoisotopic (exact) mass is 588 g/mol. The van der Waals surface area contributed by atoms with Gasteiger partial charge in [0.2, 0.25) is 5.95 Å². The summed E-state index contributed by atoms with van der Waals surface area (Å²) in [7, 11) is 6.98. The Bertz CT molecular complexity index is 1540. The van der Waals surface area contributed by atoms with E-state index in [9.17, 15) is 14.0 Å². The summed E-state index contributed by atoms with van der Waals surface area (Å²) >= 11 is 0. The molecule has 1 N–H and O–H groups in total. The Balaban J connectivity index is 1.18. The van der Waals surface area contributed by atoms with Gasteiger partial charge in [0, 0.05) is 65.0 Å². The standard InChI is InChI=1S/C31H37FN8O3/c1-36-14-16-39(17-15-36)21-10-12-40(13-11-21)29(41)20-8-9-24(26(18-20)43-4)34-31-33-19-25-28(35-31)38(3)27-22(30(42)37(25)2)6-5-7-23(27)32/h5-9,18-19,21H,10-17H2,1-4H3,(H,33,34,35). The van der Waals surface area contributed by atoms with Crippen molar-refractivity contribution >= 4 is 40.6 Å². The van der Waals surface area contributed by atoms with Crippen LogP contribution < -0.4 is 19.9 Å². The van der Waals surface area contributed by atoms with Crippen LogP contribution in [-0.4, -0.2) is 110 Å². The van der Waals surface area contributed by atoms with Gasteiger partial charge in [0.15, 0.2) is 5.82 Å². The highest BCUT2D eigenvalue weighted by Crippen LogP contribution is 2.40. The van der Waals surface area contributed by atoms with Crippen molar-refractivity contribution in [2.45, 2.75) is 18.9 Å². The largest absolute Gasteiger partial charge is 0.495 e. The van der Waals surface area contributed by atoms with Crippen molar-refractivity contribution < 1.29 is 18.7 Å². The van der Waals surface area contributed by atoms with Crippen molar-refractivity contribution in [3.8, 4) is 5.75 Å². The lowest BCUT2D eigenvalue weighted by molar-refractivity contribution is 0.0518. The average Bonchev–Trinajstić information content (AvgIpc) is 3.11. The van der Waals surface area contributed by atoms with E-state index in [0.717, 1.165) is 52.1 Å². The first kappa shape index (κ1) is 28.8. The number of nitrogens with one attached hydrogen (secondary N) is 1. The number of rotatable bonds is 5. The first-order valence-corrected chi connectivity index (χ1v) is 14.6. The molecule has 0 atom stereocenters. The number of anilines is 5. The minimum absolute atomic E-state index is 0.0158. The number of hydrogen-bond donors (Lipinski definition) is 1. The van der Waals surface area contributed by atoms with Gasteiger partial charge in [0.05, 0.1) is 30.2 Å². The SMILES string of the molecule is COc1cc(C(=O)N2CCC(N3CCN(C)CC3)CC2)ccc1Nc1ncc2c(n1)N(C)c1c(F)cccc1C(=O)N2C. The number of ether oxygens (including phenoxy) is 1. The summed E-state index contributed by atoms with van der Waals surface area (Å²) in [4.78, 5) is 45.4. The molecular formula is C31H37FN8O3. The van der Waals surface area contributed by atoms with Crippen LogP contribution in [0.3, 0.4) is 0 Å². The number of carbonyl (C=O) groups is 2. The molecule has 3 aliphatic heterocycles. The summed E-state index contributed by atoms with van der Waals surface area (Å²) in [5.41, 5.74) is 1.95. The van der Waals surface area contributed by atoms with E-state index in [2.05, 4.69) is 32.1 Å². The predicted octanol–water partition coefficient (Wildman–Crippen LogP) is 3.58. The highest BCUT2D eigenvalue weighted by atomic mass is 19.1. The van der Waals surface area contributed by atoms with Crippen molar-refractivity contribution in [2.24, 2.45) is 0 Å². The zero-order chi connectivity index (χ0) is 30.2. The molecule has 0 spiro atoms. The molecule has 43 heavy (non-hydrogen) atoms. The molecule has 6 rings (SSSR count). The summed E-state index contributed by atoms with van der Waals surface area (Å²) in [6.45, 7) is 5.82. The molecule has 3 aromatic rings. The second-order valence-electron chi connectivity index (χ2n) is 11.4. The van der Waals surface area contributed by atoms with Crippen molar-refractivity contribution in [3.63, 3.8) is 0 Å². The van der Waals surface area contributed by atoms with E-state index in [-0.39, 0.29) is 29.0 Å². The lowest BCUT2D eigenvalue weighted by atomic mass is 10.0. The van der Waals surface area contributed by atoms with Gasteiger partial charge in [-0.2, -0.15) is 4.98 Å². The summed E-state index contributed by atoms with van der Waals surface area (Å²) in [6.07, 6.45) is 3.48. The molecule has 0 aliphatic carbocycles. The van der Waals surface area contributed by atoms with E-state index in [4.69, 9.17) is 4.74 Å². The number of carbonyl (C=O) groups excluding carboxylic acids is 2. The van der Waals surface area contributed by atoms with E-state index >= 15 is 0 Å². The molecule has 2 saturated heterocycles. The number of piperazine rings is 1. The van der Waals surface area contributed by atoms with Crippen LogP contribution in [0.15, 0.2) is 42.6 Å². The van der Waals surface area contributed by atoms with Crippen molar-refractivity contribution in [3.05, 3.63) is 59.5 Å². The van der Waals surface area contributed by atoms with Gasteiger partial charge in [0.25, 0.3) is 11.8 Å². The molecule has 0 radical (unpaired) electrons. The number of halogens is 1. The topological polar surface area (TPSA) is 97.4 Å². The Hall–Kier alpha value is -4.29. The van der Waals surface area contributed by atoms with Crippen molar-refractivity contribution in [1.29, 1.82) is 0 Å². The van der Waals surface area contributed by atoms with Crippen LogP contribution >= 0.6 is 0 Å². The van der Waals surface area contributed by atoms with Crippen LogP contribution in [0.4, 0.5) is 33.2 Å². The third-order valence-electron chi connectivity index (χ3n) is 8.79. The molecule has 0 saturated carbocycles. The number of benzene rings is 2. The Morgan fingerprint density at radius 1 is 1.00 bits per heavy atom. The van der Waals surface area contributed by atoms with Crippen LogP contribution in [-0.2, 0) is 0 Å². The van der Waals surface area contributed by atoms with Gasteiger partial charge >= 0.3 is 0 Å². The fourth-order valence-corrected chi connectivity index (χ4v) is 6.19. The Morgan fingerprint density at radius 3 is 2.47 bits per heavy atom. The summed E-state index contributed by atoms with van der Waals surface area (Å²) in [5, 5.41) is 3.17. The maximum Gasteiger partial charge on any atom is 0.260 e. The smallest absolute Gasteiger partial charge is 0.260 e. The van der Waals surface area contributed by atoms with Crippen molar-refractivity contribution in [1.82, 2.24) is 24.7 Å². The molecule has 0 bridgehead atoms. The number of nitrogens with zero attached hydrogens (tertiary/aromatic N) is 7. The third kappa shape index (κ3) is 5.48. The van der Waals surface area contributed by atoms with E-state index < -0.39 is 5.82 Å². The number of hydrogen-bond acceptors (Lipinski definition) is 9. The first-order chi connectivity index (χ1) is 20.7. The molecule has 226 valence electrons. The quantitative estimate of drug-likeness (QED) is 0.480. The highest BCUT2D eigenvalue weighted by Gasteiger charge is 2.32. The number of likely N-dealkylation sites (N-methyl/N-ethyl adjacent to an activating group) is 1. The molecule has 2 aromatic carbocycles. The van der Waals surface area contributed by atoms with Crippen LogP contribution in [0.5, 0.6) is 5.75 Å². The maximum absolute atomic E-state index is 14.9. The molecule has 2 fully saturated rings. The summed E-state index contributed by atoms with van der Waals surface area (Å²) in [6, 6.07) is 10.2. The number of methoxy groups -OCH3 is 1. The number of para-hydroxylation sites is 1. The van der Waals surface area contributed by atoms with Gasteiger partial charge < -0.3 is 29.7 Å². The zero-order valence-electron chi connectivity index (χ0n) is 25.0. The van der Waals surface area contributed by atoms with Crippen molar-refractivity contribution in [2.75, 3.05) is 82.6 Å². The van der Waals surface area contributed by atoms with Gasteiger partial charge in [-0.05, 0) is 50.2 Å². The molecule has 12 heteroatoms. The number of likely N-dealkylation sites (tertiary alicyclic amines) is 1. The second kappa shape index (κ2) is 11.8. The Morgan fingerprint density at radius 2 is 1.74 bits per heavy atom. The summed E-state index contributed by atoms with van der Waals surface area (Å²) in [5.74, 6) is 0.173. The zero-order valence-corrected chi connectivity index (χ0v) is 25.0. The Labute approximate surface area is 250 Å². The average molecular weight is 589 g/mol. The molecule has 4 heterocycles. The number of fused-ring (bicyclic) bond motifs is 2. The van der Waals surface area contributed by atoms with Crippen LogP contribution in [0.1, 0.15) is 33.6 Å². The first-order valence-electron chi connectivity index (χ1n) is 14.6. The number of amides is 2. The minimum Gasteiger partial charge on any atom is -0.495 e. The third-order valence-corrected chi connectivity index (χ3v) is 8.79. The maximum atomic E-state index is 14.9. The molecule has 2 amide bonds. The van der Waals surface area contributed by atoms with E-state index in [0.29, 0.717) is 34.5 Å². The fraction of sp³-hybridized carbons (Fsp3) is 0.419. The second-order valence-corrected chi connectivity index (χ2v) is 11.4. The van der Waals surface area contributed by atoms with E-state index in [1.807, 2.05) is 4.90 Å². The van der Waals surface area contributed by atoms with Crippen LogP contribution in [0.25, 0.3) is 0 Å². The van der Waals surface area contributed by atoms with Gasteiger partial charge in [-0.1, -0.05) is 6.07 Å². The van der Waals surface area contributed by atoms with E-state index in [1.54, 1.807) is 50.4 Å².